The van der Waals surface area contributed by atoms with Gasteiger partial charge in [0.2, 0.25) is 0 Å². The molecule has 0 spiro atoms. The second-order valence-corrected chi connectivity index (χ2v) is 6.62. The summed E-state index contributed by atoms with van der Waals surface area (Å²) in [6, 6.07) is 0. The van der Waals surface area contributed by atoms with Gasteiger partial charge in [0.1, 0.15) is 5.82 Å². The molecule has 0 radical (unpaired) electrons. The van der Waals surface area contributed by atoms with Crippen LogP contribution in [0.15, 0.2) is 6.33 Å². The molecule has 1 aliphatic heterocycles. The molecule has 0 saturated carbocycles. The summed E-state index contributed by atoms with van der Waals surface area (Å²) in [6.45, 7) is 0.453. The maximum atomic E-state index is 11.3. The minimum atomic E-state index is -2.91. The first kappa shape index (κ1) is 12.9. The lowest BCUT2D eigenvalue weighted by Gasteiger charge is -2.10. The number of esters is 1. The van der Waals surface area contributed by atoms with Crippen LogP contribution in [0, 0.1) is 5.92 Å². The van der Waals surface area contributed by atoms with Gasteiger partial charge in [-0.25, -0.2) is 18.2 Å². The highest BCUT2D eigenvalue weighted by molar-refractivity contribution is 7.91. The molecule has 18 heavy (non-hydrogen) atoms. The highest BCUT2D eigenvalue weighted by atomic mass is 32.2. The van der Waals surface area contributed by atoms with Crippen molar-refractivity contribution >= 4 is 21.6 Å². The molecule has 1 aromatic rings. The number of sulfone groups is 1. The van der Waals surface area contributed by atoms with Crippen LogP contribution >= 0.6 is 0 Å². The second kappa shape index (κ2) is 4.60. The first-order valence-corrected chi connectivity index (χ1v) is 7.34. The Morgan fingerprint density at radius 2 is 2.39 bits per heavy atom. The minimum absolute atomic E-state index is 0.0250. The number of methoxy groups -OCH3 is 1. The number of carbonyl (C=O) groups excluding carboxylic acids is 1. The maximum absolute atomic E-state index is 11.3. The Bertz CT molecular complexity index is 564. The topological polar surface area (TPSA) is 104 Å². The van der Waals surface area contributed by atoms with Gasteiger partial charge in [-0.3, -0.25) is 0 Å². The molecule has 0 amide bonds. The smallest absolute Gasteiger partial charge is 0.360 e. The number of hydrogen-bond donors (Lipinski definition) is 1. The molecular weight excluding hydrogens is 258 g/mol. The average Bonchev–Trinajstić information content (AvgIpc) is 2.83. The van der Waals surface area contributed by atoms with Crippen molar-refractivity contribution in [1.29, 1.82) is 0 Å². The van der Waals surface area contributed by atoms with Gasteiger partial charge in [0, 0.05) is 6.54 Å². The van der Waals surface area contributed by atoms with Crippen LogP contribution in [0.3, 0.4) is 0 Å². The van der Waals surface area contributed by atoms with E-state index in [0.29, 0.717) is 13.0 Å². The third-order valence-corrected chi connectivity index (χ3v) is 4.88. The van der Waals surface area contributed by atoms with E-state index in [1.807, 2.05) is 0 Å². The Kier molecular flexibility index (Phi) is 3.29. The Balaban J connectivity index is 2.12. The molecule has 8 heteroatoms. The summed E-state index contributed by atoms with van der Waals surface area (Å²) in [7, 11) is -1.65. The van der Waals surface area contributed by atoms with E-state index >= 15 is 0 Å². The van der Waals surface area contributed by atoms with Gasteiger partial charge in [0.25, 0.3) is 0 Å². The molecule has 1 saturated heterocycles. The summed E-state index contributed by atoms with van der Waals surface area (Å²) < 4.78 is 28.8. The lowest BCUT2D eigenvalue weighted by Crippen LogP contribution is -2.14. The molecular formula is C10H15N3O4S. The molecule has 0 aromatic carbocycles. The number of nitrogen functional groups attached to an aromatic ring is 1. The molecule has 1 fully saturated rings. The zero-order chi connectivity index (χ0) is 13.3. The molecule has 2 heterocycles. The van der Waals surface area contributed by atoms with Gasteiger partial charge in [-0.2, -0.15) is 0 Å². The fraction of sp³-hybridized carbons (Fsp3) is 0.600. The third kappa shape index (κ3) is 2.47. The monoisotopic (exact) mass is 273 g/mol. The fourth-order valence-electron chi connectivity index (χ4n) is 2.09. The molecule has 100 valence electrons. The fourth-order valence-corrected chi connectivity index (χ4v) is 3.93. The molecule has 1 unspecified atom stereocenters. The number of nitrogens with zero attached hydrogens (tertiary/aromatic N) is 2. The van der Waals surface area contributed by atoms with Crippen molar-refractivity contribution in [1.82, 2.24) is 9.55 Å². The van der Waals surface area contributed by atoms with Gasteiger partial charge in [-0.1, -0.05) is 0 Å². The van der Waals surface area contributed by atoms with E-state index in [1.165, 1.54) is 13.4 Å². The molecule has 0 bridgehead atoms. The van der Waals surface area contributed by atoms with Crippen molar-refractivity contribution in [3.05, 3.63) is 12.0 Å². The zero-order valence-electron chi connectivity index (χ0n) is 10.00. The predicted octanol–water partition coefficient (Wildman–Crippen LogP) is -0.313. The standard InChI is InChI=1S/C10H15N3O4S/c1-17-10(14)8-9(11)13(6-12-8)4-7-2-3-18(15,16)5-7/h6-7H,2-5,11H2,1H3. The highest BCUT2D eigenvalue weighted by Crippen LogP contribution is 2.22. The van der Waals surface area contributed by atoms with Gasteiger partial charge >= 0.3 is 5.97 Å². The van der Waals surface area contributed by atoms with E-state index in [-0.39, 0.29) is 28.9 Å². The van der Waals surface area contributed by atoms with E-state index in [0.717, 1.165) is 0 Å². The van der Waals surface area contributed by atoms with Crippen molar-refractivity contribution in [3.8, 4) is 0 Å². The number of carbonyl (C=O) groups is 1. The number of imidazole rings is 1. The normalized spacial score (nSPS) is 21.9. The van der Waals surface area contributed by atoms with Gasteiger partial charge < -0.3 is 15.0 Å². The summed E-state index contributed by atoms with van der Waals surface area (Å²) in [4.78, 5) is 15.2. The zero-order valence-corrected chi connectivity index (χ0v) is 10.8. The number of nitrogens with two attached hydrogens (primary N) is 1. The molecule has 2 rings (SSSR count). The van der Waals surface area contributed by atoms with Crippen LogP contribution in [0.1, 0.15) is 16.9 Å². The summed E-state index contributed by atoms with van der Waals surface area (Å²) in [6.07, 6.45) is 2.06. The first-order chi connectivity index (χ1) is 8.43. The number of aromatic nitrogens is 2. The number of rotatable bonds is 3. The van der Waals surface area contributed by atoms with Crippen molar-refractivity contribution in [2.45, 2.75) is 13.0 Å². The van der Waals surface area contributed by atoms with E-state index in [1.54, 1.807) is 4.57 Å². The van der Waals surface area contributed by atoms with Crippen molar-refractivity contribution in [2.75, 3.05) is 24.3 Å². The lowest BCUT2D eigenvalue weighted by atomic mass is 10.1. The molecule has 1 aliphatic rings. The summed E-state index contributed by atoms with van der Waals surface area (Å²) in [5.74, 6) is 0.0299. The largest absolute Gasteiger partial charge is 0.464 e. The van der Waals surface area contributed by atoms with Crippen molar-refractivity contribution < 1.29 is 17.9 Å². The highest BCUT2D eigenvalue weighted by Gasteiger charge is 2.29. The summed E-state index contributed by atoms with van der Waals surface area (Å²) in [5.41, 5.74) is 5.84. The van der Waals surface area contributed by atoms with E-state index in [2.05, 4.69) is 9.72 Å². The van der Waals surface area contributed by atoms with Crippen LogP contribution < -0.4 is 5.73 Å². The van der Waals surface area contributed by atoms with E-state index < -0.39 is 15.8 Å². The Labute approximate surface area is 105 Å². The quantitative estimate of drug-likeness (QED) is 0.757. The minimum Gasteiger partial charge on any atom is -0.464 e. The van der Waals surface area contributed by atoms with E-state index in [9.17, 15) is 13.2 Å². The van der Waals surface area contributed by atoms with Gasteiger partial charge in [-0.05, 0) is 12.3 Å². The molecule has 7 nitrogen and oxygen atoms in total. The van der Waals surface area contributed by atoms with Crippen molar-refractivity contribution in [3.63, 3.8) is 0 Å². The van der Waals surface area contributed by atoms with Crippen LogP contribution in [0.25, 0.3) is 0 Å². The number of hydrogen-bond acceptors (Lipinski definition) is 6. The Morgan fingerprint density at radius 1 is 1.67 bits per heavy atom. The first-order valence-electron chi connectivity index (χ1n) is 5.52. The Hall–Kier alpha value is -1.57. The lowest BCUT2D eigenvalue weighted by molar-refractivity contribution is 0.0596. The third-order valence-electron chi connectivity index (χ3n) is 3.04. The average molecular weight is 273 g/mol. The van der Waals surface area contributed by atoms with Gasteiger partial charge in [-0.15, -0.1) is 0 Å². The Morgan fingerprint density at radius 3 is 2.94 bits per heavy atom. The molecule has 0 aliphatic carbocycles. The summed E-state index contributed by atoms with van der Waals surface area (Å²) in [5, 5.41) is 0. The van der Waals surface area contributed by atoms with Gasteiger partial charge in [0.15, 0.2) is 15.5 Å². The predicted molar refractivity (Wildman–Crippen MR) is 64.7 cm³/mol. The van der Waals surface area contributed by atoms with Crippen LogP contribution in [0.4, 0.5) is 5.82 Å². The summed E-state index contributed by atoms with van der Waals surface area (Å²) >= 11 is 0. The second-order valence-electron chi connectivity index (χ2n) is 4.39. The van der Waals surface area contributed by atoms with Crippen LogP contribution in [0.2, 0.25) is 0 Å². The van der Waals surface area contributed by atoms with E-state index in [4.69, 9.17) is 5.73 Å². The van der Waals surface area contributed by atoms with Crippen LogP contribution in [-0.2, 0) is 21.1 Å². The molecule has 1 atom stereocenters. The van der Waals surface area contributed by atoms with Gasteiger partial charge in [0.05, 0.1) is 24.9 Å². The van der Waals surface area contributed by atoms with Crippen LogP contribution in [-0.4, -0.2) is 42.6 Å². The SMILES string of the molecule is COC(=O)c1ncn(CC2CCS(=O)(=O)C2)c1N. The number of anilines is 1. The number of ether oxygens (including phenoxy) is 1. The van der Waals surface area contributed by atoms with Crippen LogP contribution in [0.5, 0.6) is 0 Å². The molecule has 2 N–H and O–H groups in total. The van der Waals surface area contributed by atoms with Crippen molar-refractivity contribution in [2.24, 2.45) is 5.92 Å². The molecule has 1 aromatic heterocycles. The maximum Gasteiger partial charge on any atom is 0.360 e.